The van der Waals surface area contributed by atoms with E-state index in [1.54, 1.807) is 0 Å². The highest BCUT2D eigenvalue weighted by Gasteiger charge is 2.26. The Labute approximate surface area is 179 Å². The molecule has 30 heavy (non-hydrogen) atoms. The highest BCUT2D eigenvalue weighted by molar-refractivity contribution is 7.89. The van der Waals surface area contributed by atoms with E-state index >= 15 is 0 Å². The van der Waals surface area contributed by atoms with Gasteiger partial charge in [-0.25, -0.2) is 8.42 Å². The first-order chi connectivity index (χ1) is 14.3. The van der Waals surface area contributed by atoms with Crippen LogP contribution < -0.4 is 10.1 Å². The molecule has 0 radical (unpaired) electrons. The van der Waals surface area contributed by atoms with Crippen LogP contribution in [0.3, 0.4) is 0 Å². The van der Waals surface area contributed by atoms with E-state index in [1.165, 1.54) is 9.87 Å². The number of fused-ring (bicyclic) bond motifs is 1. The number of hydrogen-bond donors (Lipinski definition) is 1. The molecule has 1 amide bonds. The molecule has 1 aliphatic rings. The molecule has 162 valence electrons. The lowest BCUT2D eigenvalue weighted by Crippen LogP contribution is -2.37. The molecule has 7 heteroatoms. The number of nitrogens with one attached hydrogen (secondary N) is 1. The van der Waals surface area contributed by atoms with Crippen LogP contribution in [-0.4, -0.2) is 37.5 Å². The van der Waals surface area contributed by atoms with Gasteiger partial charge in [-0.15, -0.1) is 0 Å². The van der Waals surface area contributed by atoms with Crippen molar-refractivity contribution in [3.63, 3.8) is 0 Å². The second kappa shape index (κ2) is 9.62. The predicted molar refractivity (Wildman–Crippen MR) is 119 cm³/mol. The van der Waals surface area contributed by atoms with Crippen LogP contribution in [0.2, 0.25) is 0 Å². The Morgan fingerprint density at radius 2 is 1.87 bits per heavy atom. The minimum atomic E-state index is -3.23. The van der Waals surface area contributed by atoms with Crippen LogP contribution in [-0.2, 0) is 27.8 Å². The number of amides is 1. The van der Waals surface area contributed by atoms with Gasteiger partial charge >= 0.3 is 0 Å². The zero-order valence-corrected chi connectivity index (χ0v) is 18.7. The van der Waals surface area contributed by atoms with Crippen molar-refractivity contribution in [1.82, 2.24) is 4.31 Å². The van der Waals surface area contributed by atoms with Gasteiger partial charge in [0.15, 0.2) is 6.61 Å². The molecule has 1 heterocycles. The van der Waals surface area contributed by atoms with Gasteiger partial charge in [0.25, 0.3) is 5.91 Å². The fraction of sp³-hybridized carbons (Fsp3) is 0.435. The molecule has 0 spiro atoms. The lowest BCUT2D eigenvalue weighted by molar-refractivity contribution is -0.118. The van der Waals surface area contributed by atoms with Gasteiger partial charge in [0.1, 0.15) is 5.75 Å². The number of rotatable bonds is 8. The smallest absolute Gasteiger partial charge is 0.262 e. The third-order valence-electron chi connectivity index (χ3n) is 5.24. The van der Waals surface area contributed by atoms with Crippen molar-refractivity contribution in [2.45, 2.75) is 46.1 Å². The van der Waals surface area contributed by atoms with Gasteiger partial charge < -0.3 is 10.1 Å². The van der Waals surface area contributed by atoms with Crippen LogP contribution in [0.25, 0.3) is 0 Å². The van der Waals surface area contributed by atoms with Gasteiger partial charge in [0.05, 0.1) is 5.75 Å². The highest BCUT2D eigenvalue weighted by atomic mass is 32.2. The molecule has 1 N–H and O–H groups in total. The predicted octanol–water partition coefficient (Wildman–Crippen LogP) is 3.93. The van der Waals surface area contributed by atoms with E-state index in [9.17, 15) is 13.2 Å². The van der Waals surface area contributed by atoms with Crippen molar-refractivity contribution in [2.75, 3.05) is 24.2 Å². The summed E-state index contributed by atoms with van der Waals surface area (Å²) < 4.78 is 31.9. The van der Waals surface area contributed by atoms with Crippen molar-refractivity contribution in [3.8, 4) is 5.75 Å². The zero-order valence-electron chi connectivity index (χ0n) is 17.8. The number of benzene rings is 2. The maximum Gasteiger partial charge on any atom is 0.262 e. The molecule has 0 unspecified atom stereocenters. The fourth-order valence-corrected chi connectivity index (χ4v) is 5.01. The van der Waals surface area contributed by atoms with E-state index in [2.05, 4.69) is 19.2 Å². The van der Waals surface area contributed by atoms with Crippen LogP contribution in [0, 0.1) is 0 Å². The monoisotopic (exact) mass is 430 g/mol. The lowest BCUT2D eigenvalue weighted by atomic mass is 10.0. The molecule has 0 saturated heterocycles. The number of anilines is 1. The molecule has 0 bridgehead atoms. The van der Waals surface area contributed by atoms with Crippen molar-refractivity contribution in [2.24, 2.45) is 0 Å². The molecule has 6 nitrogen and oxygen atoms in total. The summed E-state index contributed by atoms with van der Waals surface area (Å²) >= 11 is 0. The summed E-state index contributed by atoms with van der Waals surface area (Å²) in [6, 6.07) is 13.4. The molecule has 0 fully saturated rings. The van der Waals surface area contributed by atoms with Crippen LogP contribution in [0.4, 0.5) is 5.69 Å². The fourth-order valence-electron chi connectivity index (χ4n) is 3.53. The summed E-state index contributed by atoms with van der Waals surface area (Å²) in [6.07, 6.45) is 1.28. The second-order valence-corrected chi connectivity index (χ2v) is 10.0. The molecule has 0 aliphatic carbocycles. The molecule has 0 saturated carbocycles. The number of hydrogen-bond acceptors (Lipinski definition) is 4. The summed E-state index contributed by atoms with van der Waals surface area (Å²) in [5.41, 5.74) is 3.92. The SMILES string of the molecule is CCCS(=O)(=O)N1CCc2ccc(NC(=O)COc3ccc(C(C)C)cc3)cc2C1. The van der Waals surface area contributed by atoms with Gasteiger partial charge in [-0.2, -0.15) is 4.31 Å². The molecule has 2 aromatic rings. The molecular weight excluding hydrogens is 400 g/mol. The van der Waals surface area contributed by atoms with Crippen LogP contribution in [0.1, 0.15) is 49.8 Å². The largest absolute Gasteiger partial charge is 0.484 e. The average molecular weight is 431 g/mol. The Morgan fingerprint density at radius 3 is 2.53 bits per heavy atom. The highest BCUT2D eigenvalue weighted by Crippen LogP contribution is 2.25. The van der Waals surface area contributed by atoms with Crippen LogP contribution in [0.15, 0.2) is 42.5 Å². The number of carbonyl (C=O) groups excluding carboxylic acids is 1. The summed E-state index contributed by atoms with van der Waals surface area (Å²) in [6.45, 7) is 6.88. The number of sulfonamides is 1. The minimum absolute atomic E-state index is 0.0882. The molecule has 0 aromatic heterocycles. The van der Waals surface area contributed by atoms with E-state index in [-0.39, 0.29) is 18.3 Å². The maximum absolute atomic E-state index is 12.4. The number of ether oxygens (including phenoxy) is 1. The van der Waals surface area contributed by atoms with Gasteiger partial charge in [0.2, 0.25) is 10.0 Å². The minimum Gasteiger partial charge on any atom is -0.484 e. The van der Waals surface area contributed by atoms with Crippen molar-refractivity contribution < 1.29 is 17.9 Å². The van der Waals surface area contributed by atoms with E-state index in [4.69, 9.17) is 4.74 Å². The maximum atomic E-state index is 12.4. The first-order valence-electron chi connectivity index (χ1n) is 10.4. The summed E-state index contributed by atoms with van der Waals surface area (Å²) in [4.78, 5) is 12.3. The Hall–Kier alpha value is -2.38. The first kappa shape index (κ1) is 22.3. The number of nitrogens with zero attached hydrogens (tertiary/aromatic N) is 1. The standard InChI is InChI=1S/C23H30N2O4S/c1-4-13-30(27,28)25-12-11-19-5-8-21(14-20(19)15-25)24-23(26)16-29-22-9-6-18(7-10-22)17(2)3/h5-10,14,17H,4,11-13,15-16H2,1-3H3,(H,24,26). The summed E-state index contributed by atoms with van der Waals surface area (Å²) in [5.74, 6) is 0.999. The number of carbonyl (C=O) groups is 1. The van der Waals surface area contributed by atoms with Gasteiger partial charge in [-0.3, -0.25) is 4.79 Å². The van der Waals surface area contributed by atoms with Gasteiger partial charge in [-0.05, 0) is 59.7 Å². The average Bonchev–Trinajstić information content (AvgIpc) is 2.72. The Kier molecular flexibility index (Phi) is 7.15. The Morgan fingerprint density at radius 1 is 1.13 bits per heavy atom. The normalized spacial score (nSPS) is 14.4. The van der Waals surface area contributed by atoms with Gasteiger partial charge in [0, 0.05) is 18.8 Å². The molecule has 1 aliphatic heterocycles. The summed E-state index contributed by atoms with van der Waals surface area (Å²) in [5, 5.41) is 2.84. The second-order valence-electron chi connectivity index (χ2n) is 7.94. The Balaban J connectivity index is 1.59. The quantitative estimate of drug-likeness (QED) is 0.689. The van der Waals surface area contributed by atoms with E-state index in [0.717, 1.165) is 11.1 Å². The third-order valence-corrected chi connectivity index (χ3v) is 7.26. The molecule has 2 aromatic carbocycles. The lowest BCUT2D eigenvalue weighted by Gasteiger charge is -2.28. The first-order valence-corrected chi connectivity index (χ1v) is 12.0. The van der Waals surface area contributed by atoms with Crippen molar-refractivity contribution in [1.29, 1.82) is 0 Å². The van der Waals surface area contributed by atoms with Gasteiger partial charge in [-0.1, -0.05) is 39.0 Å². The molecule has 3 rings (SSSR count). The summed E-state index contributed by atoms with van der Waals surface area (Å²) in [7, 11) is -3.23. The zero-order chi connectivity index (χ0) is 21.7. The topological polar surface area (TPSA) is 75.7 Å². The van der Waals surface area contributed by atoms with E-state index < -0.39 is 10.0 Å². The molecular formula is C23H30N2O4S. The third kappa shape index (κ3) is 5.61. The van der Waals surface area contributed by atoms with Crippen LogP contribution in [0.5, 0.6) is 5.75 Å². The Bertz CT molecular complexity index is 985. The van der Waals surface area contributed by atoms with E-state index in [1.807, 2.05) is 49.4 Å². The molecule has 0 atom stereocenters. The van der Waals surface area contributed by atoms with Crippen molar-refractivity contribution >= 4 is 21.6 Å². The van der Waals surface area contributed by atoms with E-state index in [0.29, 0.717) is 43.3 Å². The van der Waals surface area contributed by atoms with Crippen LogP contribution >= 0.6 is 0 Å². The van der Waals surface area contributed by atoms with Crippen molar-refractivity contribution in [3.05, 3.63) is 59.2 Å².